The summed E-state index contributed by atoms with van der Waals surface area (Å²) in [6.07, 6.45) is -9.53. The summed E-state index contributed by atoms with van der Waals surface area (Å²) in [6, 6.07) is 4.84. The molecule has 0 unspecified atom stereocenters. The number of hydrogen-bond donors (Lipinski definition) is 1. The standard InChI is InChI=1S/C14H8ClF6NO2S/c15-11-5-4-9(14(19,20)21)7-12(11)25(23,24)22-10-3-1-2-8(6-10)13(16,17)18/h1-7,22H. The van der Waals surface area contributed by atoms with E-state index < -0.39 is 49.1 Å². The van der Waals surface area contributed by atoms with Crippen LogP contribution in [0.3, 0.4) is 0 Å². The molecule has 1 N–H and O–H groups in total. The van der Waals surface area contributed by atoms with Crippen molar-refractivity contribution in [1.82, 2.24) is 0 Å². The largest absolute Gasteiger partial charge is 0.416 e. The molecule has 0 radical (unpaired) electrons. The summed E-state index contributed by atoms with van der Waals surface area (Å²) < 4.78 is 102. The molecule has 3 nitrogen and oxygen atoms in total. The highest BCUT2D eigenvalue weighted by Crippen LogP contribution is 2.35. The Morgan fingerprint density at radius 2 is 1.40 bits per heavy atom. The SMILES string of the molecule is O=S(=O)(Nc1cccc(C(F)(F)F)c1)c1cc(C(F)(F)F)ccc1Cl. The molecule has 0 heterocycles. The maximum Gasteiger partial charge on any atom is 0.416 e. The Hall–Kier alpha value is -1.94. The van der Waals surface area contributed by atoms with Gasteiger partial charge in [-0.2, -0.15) is 26.3 Å². The van der Waals surface area contributed by atoms with E-state index in [0.29, 0.717) is 18.2 Å². The zero-order valence-electron chi connectivity index (χ0n) is 11.9. The van der Waals surface area contributed by atoms with Crippen molar-refractivity contribution in [3.8, 4) is 0 Å². The van der Waals surface area contributed by atoms with Crippen LogP contribution in [-0.4, -0.2) is 8.42 Å². The molecule has 0 fully saturated rings. The predicted molar refractivity (Wildman–Crippen MR) is 78.7 cm³/mol. The minimum absolute atomic E-state index is 0.304. The molecule has 2 aromatic rings. The van der Waals surface area contributed by atoms with Crippen molar-refractivity contribution in [2.45, 2.75) is 17.2 Å². The fraction of sp³-hybridized carbons (Fsp3) is 0.143. The Labute approximate surface area is 143 Å². The average molecular weight is 404 g/mol. The van der Waals surface area contributed by atoms with Gasteiger partial charge in [-0.1, -0.05) is 17.7 Å². The van der Waals surface area contributed by atoms with Crippen molar-refractivity contribution >= 4 is 27.3 Å². The van der Waals surface area contributed by atoms with E-state index in [9.17, 15) is 34.8 Å². The van der Waals surface area contributed by atoms with Gasteiger partial charge in [0, 0.05) is 5.69 Å². The second-order valence-corrected chi connectivity index (χ2v) is 6.89. The van der Waals surface area contributed by atoms with Gasteiger partial charge in [-0.05, 0) is 36.4 Å². The van der Waals surface area contributed by atoms with E-state index >= 15 is 0 Å². The second-order valence-electron chi connectivity index (χ2n) is 4.83. The number of sulfonamides is 1. The third-order valence-electron chi connectivity index (χ3n) is 2.99. The molecular formula is C14H8ClF6NO2S. The van der Waals surface area contributed by atoms with Crippen molar-refractivity contribution in [1.29, 1.82) is 0 Å². The number of alkyl halides is 6. The first-order valence-corrected chi connectivity index (χ1v) is 8.23. The first-order valence-electron chi connectivity index (χ1n) is 6.37. The molecule has 0 aliphatic rings. The van der Waals surface area contributed by atoms with Crippen LogP contribution >= 0.6 is 11.6 Å². The number of nitrogens with one attached hydrogen (secondary N) is 1. The number of halogens is 7. The zero-order valence-corrected chi connectivity index (χ0v) is 13.5. The van der Waals surface area contributed by atoms with Crippen molar-refractivity contribution in [3.05, 3.63) is 58.6 Å². The summed E-state index contributed by atoms with van der Waals surface area (Å²) in [5.74, 6) is 0. The predicted octanol–water partition coefficient (Wildman–Crippen LogP) is 5.18. The first kappa shape index (κ1) is 19.4. The van der Waals surface area contributed by atoms with Gasteiger partial charge in [-0.25, -0.2) is 8.42 Å². The van der Waals surface area contributed by atoms with Crippen molar-refractivity contribution in [3.63, 3.8) is 0 Å². The van der Waals surface area contributed by atoms with Gasteiger partial charge >= 0.3 is 12.4 Å². The second kappa shape index (κ2) is 6.41. The molecule has 25 heavy (non-hydrogen) atoms. The van der Waals surface area contributed by atoms with Crippen molar-refractivity contribution in [2.75, 3.05) is 4.72 Å². The summed E-state index contributed by atoms with van der Waals surface area (Å²) in [5.41, 5.74) is -2.85. The lowest BCUT2D eigenvalue weighted by Crippen LogP contribution is -2.16. The first-order chi connectivity index (χ1) is 11.3. The van der Waals surface area contributed by atoms with E-state index in [-0.39, 0.29) is 0 Å². The van der Waals surface area contributed by atoms with E-state index in [2.05, 4.69) is 0 Å². The summed E-state index contributed by atoms with van der Waals surface area (Å²) >= 11 is 5.63. The lowest BCUT2D eigenvalue weighted by atomic mass is 10.2. The summed E-state index contributed by atoms with van der Waals surface area (Å²) in [7, 11) is -4.64. The van der Waals surface area contributed by atoms with Gasteiger partial charge in [-0.15, -0.1) is 0 Å². The Kier molecular flexibility index (Phi) is 4.97. The van der Waals surface area contributed by atoms with Crippen LogP contribution in [0.4, 0.5) is 32.0 Å². The van der Waals surface area contributed by atoms with Crippen LogP contribution in [0, 0.1) is 0 Å². The molecule has 2 aromatic carbocycles. The van der Waals surface area contributed by atoms with Gasteiger partial charge < -0.3 is 0 Å². The molecule has 0 amide bonds. The van der Waals surface area contributed by atoms with E-state index in [1.165, 1.54) is 0 Å². The average Bonchev–Trinajstić information content (AvgIpc) is 2.45. The molecule has 136 valence electrons. The number of hydrogen-bond acceptors (Lipinski definition) is 2. The minimum atomic E-state index is -4.81. The van der Waals surface area contributed by atoms with Gasteiger partial charge in [-0.3, -0.25) is 4.72 Å². The van der Waals surface area contributed by atoms with Gasteiger partial charge in [0.2, 0.25) is 0 Å². The van der Waals surface area contributed by atoms with Crippen LogP contribution in [0.25, 0.3) is 0 Å². The van der Waals surface area contributed by atoms with Gasteiger partial charge in [0.05, 0.1) is 16.1 Å². The smallest absolute Gasteiger partial charge is 0.280 e. The molecule has 0 spiro atoms. The van der Waals surface area contributed by atoms with Crippen LogP contribution in [0.2, 0.25) is 5.02 Å². The van der Waals surface area contributed by atoms with Crippen LogP contribution in [-0.2, 0) is 22.4 Å². The highest BCUT2D eigenvalue weighted by molar-refractivity contribution is 7.92. The number of anilines is 1. The topological polar surface area (TPSA) is 46.2 Å². The Balaban J connectivity index is 2.44. The maximum absolute atomic E-state index is 12.7. The van der Waals surface area contributed by atoms with E-state index in [4.69, 9.17) is 11.6 Å². The summed E-state index contributed by atoms with van der Waals surface area (Å²) in [6.45, 7) is 0. The lowest BCUT2D eigenvalue weighted by Gasteiger charge is -2.14. The monoisotopic (exact) mass is 403 g/mol. The van der Waals surface area contributed by atoms with E-state index in [1.54, 1.807) is 4.72 Å². The van der Waals surface area contributed by atoms with Crippen LogP contribution in [0.5, 0.6) is 0 Å². The minimum Gasteiger partial charge on any atom is -0.280 e. The van der Waals surface area contributed by atoms with Crippen molar-refractivity contribution < 1.29 is 34.8 Å². The fourth-order valence-corrected chi connectivity index (χ4v) is 3.43. The molecule has 0 atom stereocenters. The molecule has 0 bridgehead atoms. The van der Waals surface area contributed by atoms with Crippen LogP contribution in [0.1, 0.15) is 11.1 Å². The molecule has 2 rings (SSSR count). The van der Waals surface area contributed by atoms with Gasteiger partial charge in [0.15, 0.2) is 0 Å². The zero-order chi connectivity index (χ0) is 19.0. The number of rotatable bonds is 3. The Morgan fingerprint density at radius 3 is 1.96 bits per heavy atom. The molecular weight excluding hydrogens is 396 g/mol. The molecule has 0 saturated carbocycles. The fourth-order valence-electron chi connectivity index (χ4n) is 1.85. The normalized spacial score (nSPS) is 12.9. The van der Waals surface area contributed by atoms with E-state index in [0.717, 1.165) is 24.3 Å². The maximum atomic E-state index is 12.7. The highest BCUT2D eigenvalue weighted by Gasteiger charge is 2.33. The molecule has 0 aromatic heterocycles. The van der Waals surface area contributed by atoms with Gasteiger partial charge in [0.25, 0.3) is 10.0 Å². The third-order valence-corrected chi connectivity index (χ3v) is 4.85. The highest BCUT2D eigenvalue weighted by atomic mass is 35.5. The van der Waals surface area contributed by atoms with E-state index in [1.807, 2.05) is 0 Å². The molecule has 11 heteroatoms. The van der Waals surface area contributed by atoms with Crippen molar-refractivity contribution in [2.24, 2.45) is 0 Å². The molecule has 0 aliphatic heterocycles. The third kappa shape index (κ3) is 4.57. The summed E-state index contributed by atoms with van der Waals surface area (Å²) in [5, 5.41) is -0.507. The molecule has 0 aliphatic carbocycles. The quantitative estimate of drug-likeness (QED) is 0.718. The Bertz CT molecular complexity index is 893. The Morgan fingerprint density at radius 1 is 0.840 bits per heavy atom. The molecule has 0 saturated heterocycles. The van der Waals surface area contributed by atoms with Gasteiger partial charge in [0.1, 0.15) is 4.90 Å². The summed E-state index contributed by atoms with van der Waals surface area (Å²) in [4.78, 5) is -0.901. The lowest BCUT2D eigenvalue weighted by molar-refractivity contribution is -0.138. The number of benzene rings is 2. The van der Waals surface area contributed by atoms with Crippen LogP contribution in [0.15, 0.2) is 47.4 Å². The van der Waals surface area contributed by atoms with Crippen LogP contribution < -0.4 is 4.72 Å².